The first kappa shape index (κ1) is 16.9. The smallest absolute Gasteiger partial charge is 0.338 e. The van der Waals surface area contributed by atoms with Crippen LogP contribution in [0.4, 0.5) is 15.8 Å². The van der Waals surface area contributed by atoms with Crippen molar-refractivity contribution in [3.8, 4) is 0 Å². The Balaban J connectivity index is 1.91. The molecule has 2 aromatic carbocycles. The van der Waals surface area contributed by atoms with E-state index >= 15 is 0 Å². The summed E-state index contributed by atoms with van der Waals surface area (Å²) < 4.78 is 40.6. The van der Waals surface area contributed by atoms with Crippen molar-refractivity contribution >= 4 is 33.3 Å². The Morgan fingerprint density at radius 3 is 2.64 bits per heavy atom. The molecule has 0 atom stereocenters. The number of amides is 1. The number of fused-ring (bicyclic) bond motifs is 1. The monoisotopic (exact) mass is 364 g/mol. The number of carboxylic acid groups (broad SMARTS) is 1. The maximum absolute atomic E-state index is 13.4. The van der Waals surface area contributed by atoms with Gasteiger partial charge in [0.2, 0.25) is 5.91 Å². The van der Waals surface area contributed by atoms with Crippen molar-refractivity contribution < 1.29 is 27.5 Å². The van der Waals surface area contributed by atoms with Crippen LogP contribution < -0.4 is 10.0 Å². The average Bonchev–Trinajstić information content (AvgIpc) is 2.54. The third-order valence-electron chi connectivity index (χ3n) is 3.73. The van der Waals surface area contributed by atoms with E-state index in [1.165, 1.54) is 6.07 Å². The summed E-state index contributed by atoms with van der Waals surface area (Å²) in [5.41, 5.74) is 0.936. The lowest BCUT2D eigenvalue weighted by atomic mass is 10.0. The molecule has 0 unspecified atom stereocenters. The first-order valence-corrected chi connectivity index (χ1v) is 8.73. The highest BCUT2D eigenvalue weighted by molar-refractivity contribution is 7.92. The normalized spacial score (nSPS) is 13.7. The van der Waals surface area contributed by atoms with Crippen molar-refractivity contribution in [2.45, 2.75) is 17.7 Å². The minimum atomic E-state index is -4.09. The molecule has 25 heavy (non-hydrogen) atoms. The van der Waals surface area contributed by atoms with E-state index in [0.717, 1.165) is 23.8 Å². The molecule has 1 amide bonds. The van der Waals surface area contributed by atoms with Crippen molar-refractivity contribution in [1.82, 2.24) is 0 Å². The van der Waals surface area contributed by atoms with Crippen molar-refractivity contribution in [2.24, 2.45) is 0 Å². The topological polar surface area (TPSA) is 113 Å². The van der Waals surface area contributed by atoms with E-state index in [4.69, 9.17) is 5.11 Å². The zero-order chi connectivity index (χ0) is 18.2. The second-order valence-corrected chi connectivity index (χ2v) is 7.15. The Morgan fingerprint density at radius 2 is 1.92 bits per heavy atom. The fraction of sp³-hybridized carbons (Fsp3) is 0.125. The van der Waals surface area contributed by atoms with E-state index in [-0.39, 0.29) is 16.5 Å². The SMILES string of the molecule is O=C1CCc2cc(NS(=O)(=O)c3ccc(F)c(C(=O)O)c3)ccc2N1. The highest BCUT2D eigenvalue weighted by Crippen LogP contribution is 2.27. The molecule has 3 rings (SSSR count). The number of hydrogen-bond donors (Lipinski definition) is 3. The van der Waals surface area contributed by atoms with Gasteiger partial charge in [-0.2, -0.15) is 0 Å². The lowest BCUT2D eigenvalue weighted by Crippen LogP contribution is -2.19. The highest BCUT2D eigenvalue weighted by Gasteiger charge is 2.20. The van der Waals surface area contributed by atoms with Gasteiger partial charge in [0.1, 0.15) is 5.82 Å². The lowest BCUT2D eigenvalue weighted by Gasteiger charge is -2.18. The van der Waals surface area contributed by atoms with Gasteiger partial charge >= 0.3 is 5.97 Å². The molecule has 0 saturated carbocycles. The molecule has 0 aliphatic carbocycles. The standard InChI is InChI=1S/C16H13FN2O5S/c17-13-4-3-11(8-12(13)16(21)22)25(23,24)19-10-2-5-14-9(7-10)1-6-15(20)18-14/h2-5,7-8,19H,1,6H2,(H,18,20)(H,21,22). The summed E-state index contributed by atoms with van der Waals surface area (Å²) in [6, 6.07) is 7.19. The predicted octanol–water partition coefficient (Wildman–Crippen LogP) is 2.21. The van der Waals surface area contributed by atoms with Gasteiger partial charge in [-0.05, 0) is 48.4 Å². The van der Waals surface area contributed by atoms with Gasteiger partial charge < -0.3 is 10.4 Å². The van der Waals surface area contributed by atoms with Crippen LogP contribution in [-0.2, 0) is 21.2 Å². The Bertz CT molecular complexity index is 988. The fourth-order valence-corrected chi connectivity index (χ4v) is 3.57. The van der Waals surface area contributed by atoms with Gasteiger partial charge in [-0.25, -0.2) is 17.6 Å². The number of aryl methyl sites for hydroxylation is 1. The number of anilines is 2. The number of aromatic carboxylic acids is 1. The average molecular weight is 364 g/mol. The predicted molar refractivity (Wildman–Crippen MR) is 87.6 cm³/mol. The van der Waals surface area contributed by atoms with Gasteiger partial charge in [-0.3, -0.25) is 9.52 Å². The van der Waals surface area contributed by atoms with Crippen LogP contribution in [0.25, 0.3) is 0 Å². The number of sulfonamides is 1. The largest absolute Gasteiger partial charge is 0.478 e. The molecule has 0 aromatic heterocycles. The molecule has 7 nitrogen and oxygen atoms in total. The zero-order valence-electron chi connectivity index (χ0n) is 12.7. The summed E-state index contributed by atoms with van der Waals surface area (Å²) in [4.78, 5) is 21.9. The van der Waals surface area contributed by atoms with Crippen LogP contribution in [0.5, 0.6) is 0 Å². The van der Waals surface area contributed by atoms with Crippen LogP contribution in [0.3, 0.4) is 0 Å². The maximum Gasteiger partial charge on any atom is 0.338 e. The van der Waals surface area contributed by atoms with Crippen LogP contribution in [0, 0.1) is 5.82 Å². The minimum absolute atomic E-state index is 0.103. The second kappa shape index (κ2) is 6.17. The van der Waals surface area contributed by atoms with E-state index in [1.54, 1.807) is 12.1 Å². The molecule has 3 N–H and O–H groups in total. The molecule has 0 radical (unpaired) electrons. The molecule has 1 aliphatic rings. The van der Waals surface area contributed by atoms with Crippen molar-refractivity contribution in [3.63, 3.8) is 0 Å². The molecular formula is C16H13FN2O5S. The molecule has 130 valence electrons. The summed E-state index contributed by atoms with van der Waals surface area (Å²) in [5, 5.41) is 11.6. The van der Waals surface area contributed by atoms with Crippen molar-refractivity contribution in [1.29, 1.82) is 0 Å². The Kier molecular flexibility index (Phi) is 4.17. The third-order valence-corrected chi connectivity index (χ3v) is 5.11. The van der Waals surface area contributed by atoms with Crippen LogP contribution in [0.15, 0.2) is 41.3 Å². The van der Waals surface area contributed by atoms with Crippen molar-refractivity contribution in [2.75, 3.05) is 10.0 Å². The van der Waals surface area contributed by atoms with E-state index in [9.17, 15) is 22.4 Å². The maximum atomic E-state index is 13.4. The molecule has 2 aromatic rings. The van der Waals surface area contributed by atoms with Crippen LogP contribution >= 0.6 is 0 Å². The minimum Gasteiger partial charge on any atom is -0.478 e. The van der Waals surface area contributed by atoms with Gasteiger partial charge in [-0.1, -0.05) is 0 Å². The number of carboxylic acids is 1. The van der Waals surface area contributed by atoms with Gasteiger partial charge in [0.25, 0.3) is 10.0 Å². The van der Waals surface area contributed by atoms with Crippen LogP contribution in [0.2, 0.25) is 0 Å². The summed E-state index contributed by atoms with van der Waals surface area (Å²) in [5.74, 6) is -2.68. The molecule has 0 bridgehead atoms. The Hall–Kier alpha value is -2.94. The molecular weight excluding hydrogens is 351 g/mol. The van der Waals surface area contributed by atoms with Crippen LogP contribution in [-0.4, -0.2) is 25.4 Å². The quantitative estimate of drug-likeness (QED) is 0.770. The van der Waals surface area contributed by atoms with Gasteiger partial charge in [0.05, 0.1) is 10.5 Å². The Labute approximate surface area is 142 Å². The summed E-state index contributed by atoms with van der Waals surface area (Å²) in [7, 11) is -4.09. The van der Waals surface area contributed by atoms with E-state index in [2.05, 4.69) is 10.0 Å². The number of hydrogen-bond acceptors (Lipinski definition) is 4. The van der Waals surface area contributed by atoms with E-state index in [0.29, 0.717) is 18.5 Å². The van der Waals surface area contributed by atoms with Gasteiger partial charge in [0.15, 0.2) is 0 Å². The van der Waals surface area contributed by atoms with Gasteiger partial charge in [0, 0.05) is 17.8 Å². The van der Waals surface area contributed by atoms with E-state index in [1.807, 2.05) is 0 Å². The molecule has 0 saturated heterocycles. The van der Waals surface area contributed by atoms with E-state index < -0.39 is 27.4 Å². The highest BCUT2D eigenvalue weighted by atomic mass is 32.2. The van der Waals surface area contributed by atoms with Crippen LogP contribution in [0.1, 0.15) is 22.3 Å². The number of carbonyl (C=O) groups excluding carboxylic acids is 1. The van der Waals surface area contributed by atoms with Crippen molar-refractivity contribution in [3.05, 3.63) is 53.3 Å². The Morgan fingerprint density at radius 1 is 1.16 bits per heavy atom. The summed E-state index contributed by atoms with van der Waals surface area (Å²) >= 11 is 0. The molecule has 9 heteroatoms. The first-order chi connectivity index (χ1) is 11.8. The number of nitrogens with one attached hydrogen (secondary N) is 2. The zero-order valence-corrected chi connectivity index (χ0v) is 13.6. The number of carbonyl (C=O) groups is 2. The third kappa shape index (κ3) is 3.45. The molecule has 1 heterocycles. The van der Waals surface area contributed by atoms with Gasteiger partial charge in [-0.15, -0.1) is 0 Å². The second-order valence-electron chi connectivity index (χ2n) is 5.47. The molecule has 1 aliphatic heterocycles. The number of rotatable bonds is 4. The lowest BCUT2D eigenvalue weighted by molar-refractivity contribution is -0.116. The summed E-state index contributed by atoms with van der Waals surface area (Å²) in [6.45, 7) is 0. The summed E-state index contributed by atoms with van der Waals surface area (Å²) in [6.07, 6.45) is 0.791. The first-order valence-electron chi connectivity index (χ1n) is 7.25. The molecule has 0 fully saturated rings. The number of benzene rings is 2. The number of halogens is 1. The fourth-order valence-electron chi connectivity index (χ4n) is 2.50. The molecule has 0 spiro atoms.